The largest absolute Gasteiger partial charge is 0.368 e. The maximum Gasteiger partial charge on any atom is 0.0550 e. The Balaban J connectivity index is 2.29. The van der Waals surface area contributed by atoms with Crippen molar-refractivity contribution in [2.75, 3.05) is 0 Å². The fourth-order valence-corrected chi connectivity index (χ4v) is 1.83. The lowest BCUT2D eigenvalue weighted by Gasteiger charge is -2.09. The Morgan fingerprint density at radius 2 is 2.56 bits per heavy atom. The molecule has 1 atom stereocenters. The summed E-state index contributed by atoms with van der Waals surface area (Å²) < 4.78 is 0. The predicted molar refractivity (Wildman–Crippen MR) is 40.9 cm³/mol. The summed E-state index contributed by atoms with van der Waals surface area (Å²) in [5.74, 6) is 0. The van der Waals surface area contributed by atoms with Crippen LogP contribution in [0.1, 0.15) is 0 Å². The summed E-state index contributed by atoms with van der Waals surface area (Å²) in [5.41, 5.74) is 1.38. The van der Waals surface area contributed by atoms with Crippen molar-refractivity contribution in [3.63, 3.8) is 0 Å². The molecule has 0 bridgehead atoms. The first kappa shape index (κ1) is 5.18. The van der Waals surface area contributed by atoms with E-state index >= 15 is 0 Å². The molecule has 0 aromatic heterocycles. The van der Waals surface area contributed by atoms with E-state index in [2.05, 4.69) is 22.9 Å². The van der Waals surface area contributed by atoms with Crippen molar-refractivity contribution in [2.24, 2.45) is 0 Å². The van der Waals surface area contributed by atoms with Gasteiger partial charge in [-0.3, -0.25) is 0 Å². The zero-order valence-electron chi connectivity index (χ0n) is 4.87. The molecule has 0 spiro atoms. The molecular weight excluding hydrogens is 130 g/mol. The van der Waals surface area contributed by atoms with Gasteiger partial charge in [-0.25, -0.2) is 0 Å². The summed E-state index contributed by atoms with van der Waals surface area (Å²) in [6.07, 6.45) is 8.33. The van der Waals surface area contributed by atoms with E-state index in [-0.39, 0.29) is 0 Å². The third-order valence-corrected chi connectivity index (χ3v) is 2.45. The quantitative estimate of drug-likeness (QED) is 0.544. The van der Waals surface area contributed by atoms with Gasteiger partial charge in [0.1, 0.15) is 0 Å². The van der Waals surface area contributed by atoms with Crippen LogP contribution in [0, 0.1) is 0 Å². The number of thioether (sulfide) groups is 1. The minimum atomic E-state index is 0.589. The molecule has 2 aliphatic heterocycles. The molecule has 0 saturated carbocycles. The minimum absolute atomic E-state index is 0.589. The van der Waals surface area contributed by atoms with Crippen molar-refractivity contribution in [1.29, 1.82) is 0 Å². The van der Waals surface area contributed by atoms with Gasteiger partial charge in [0.2, 0.25) is 0 Å². The summed E-state index contributed by atoms with van der Waals surface area (Å²) in [6.45, 7) is 0. The van der Waals surface area contributed by atoms with Crippen LogP contribution in [0.2, 0.25) is 0 Å². The van der Waals surface area contributed by atoms with Gasteiger partial charge in [0.05, 0.1) is 5.25 Å². The molecular formula is C7H7NS. The van der Waals surface area contributed by atoms with E-state index in [9.17, 15) is 0 Å². The van der Waals surface area contributed by atoms with E-state index in [4.69, 9.17) is 0 Å². The SMILES string of the molecule is C1=CC2SC=CC2=CN1. The maximum atomic E-state index is 3.05. The molecule has 2 rings (SSSR count). The van der Waals surface area contributed by atoms with Gasteiger partial charge in [0.25, 0.3) is 0 Å². The van der Waals surface area contributed by atoms with Crippen molar-refractivity contribution in [3.05, 3.63) is 35.5 Å². The maximum absolute atomic E-state index is 3.05. The number of hydrogen-bond donors (Lipinski definition) is 1. The number of hydrogen-bond acceptors (Lipinski definition) is 2. The van der Waals surface area contributed by atoms with Crippen LogP contribution in [-0.2, 0) is 0 Å². The number of rotatable bonds is 0. The van der Waals surface area contributed by atoms with E-state index in [1.807, 2.05) is 24.2 Å². The minimum Gasteiger partial charge on any atom is -0.368 e. The molecule has 0 amide bonds. The summed E-state index contributed by atoms with van der Waals surface area (Å²) in [4.78, 5) is 0. The van der Waals surface area contributed by atoms with Gasteiger partial charge in [-0.05, 0) is 23.3 Å². The van der Waals surface area contributed by atoms with Gasteiger partial charge in [0, 0.05) is 6.20 Å². The van der Waals surface area contributed by atoms with Gasteiger partial charge in [-0.1, -0.05) is 6.08 Å². The molecule has 2 heteroatoms. The Morgan fingerprint density at radius 1 is 1.56 bits per heavy atom. The van der Waals surface area contributed by atoms with Crippen LogP contribution < -0.4 is 5.32 Å². The Morgan fingerprint density at radius 3 is 3.44 bits per heavy atom. The zero-order chi connectivity index (χ0) is 6.10. The average Bonchev–Trinajstić information content (AvgIpc) is 2.33. The van der Waals surface area contributed by atoms with E-state index < -0.39 is 0 Å². The molecule has 1 N–H and O–H groups in total. The highest BCUT2D eigenvalue weighted by Crippen LogP contribution is 2.30. The van der Waals surface area contributed by atoms with E-state index in [0.29, 0.717) is 5.25 Å². The molecule has 46 valence electrons. The van der Waals surface area contributed by atoms with E-state index in [1.165, 1.54) is 5.57 Å². The molecule has 1 nitrogen and oxygen atoms in total. The van der Waals surface area contributed by atoms with E-state index in [0.717, 1.165) is 0 Å². The lowest BCUT2D eigenvalue weighted by Crippen LogP contribution is -2.08. The molecule has 9 heavy (non-hydrogen) atoms. The highest BCUT2D eigenvalue weighted by molar-refractivity contribution is 8.03. The second-order valence-corrected chi connectivity index (χ2v) is 3.08. The van der Waals surface area contributed by atoms with Crippen LogP contribution in [0.15, 0.2) is 35.5 Å². The number of nitrogens with one attached hydrogen (secondary N) is 1. The fraction of sp³-hybridized carbons (Fsp3) is 0.143. The Hall–Kier alpha value is -0.630. The second-order valence-electron chi connectivity index (χ2n) is 2.03. The van der Waals surface area contributed by atoms with Crippen LogP contribution in [0.3, 0.4) is 0 Å². The predicted octanol–water partition coefficient (Wildman–Crippen LogP) is 1.62. The molecule has 2 aliphatic rings. The normalized spacial score (nSPS) is 29.3. The zero-order valence-corrected chi connectivity index (χ0v) is 5.69. The number of fused-ring (bicyclic) bond motifs is 1. The lowest BCUT2D eigenvalue weighted by atomic mass is 10.2. The smallest absolute Gasteiger partial charge is 0.0550 e. The number of allylic oxidation sites excluding steroid dienone is 1. The third-order valence-electron chi connectivity index (χ3n) is 1.43. The van der Waals surface area contributed by atoms with Crippen molar-refractivity contribution in [1.82, 2.24) is 5.32 Å². The van der Waals surface area contributed by atoms with Crippen molar-refractivity contribution in [2.45, 2.75) is 5.25 Å². The van der Waals surface area contributed by atoms with Crippen LogP contribution in [-0.4, -0.2) is 5.25 Å². The van der Waals surface area contributed by atoms with Gasteiger partial charge in [0.15, 0.2) is 0 Å². The Kier molecular flexibility index (Phi) is 1.12. The van der Waals surface area contributed by atoms with Crippen LogP contribution in [0.4, 0.5) is 0 Å². The second kappa shape index (κ2) is 1.95. The van der Waals surface area contributed by atoms with Crippen LogP contribution >= 0.6 is 11.8 Å². The van der Waals surface area contributed by atoms with E-state index in [1.54, 1.807) is 0 Å². The Bertz CT molecular complexity index is 203. The standard InChI is InChI=1S/C7H7NS/c1-3-8-5-6-2-4-9-7(1)6/h1-5,7-8H. The summed E-state index contributed by atoms with van der Waals surface area (Å²) in [6, 6.07) is 0. The molecule has 0 fully saturated rings. The molecule has 0 radical (unpaired) electrons. The Labute approximate surface area is 58.5 Å². The van der Waals surface area contributed by atoms with Gasteiger partial charge >= 0.3 is 0 Å². The first-order chi connectivity index (χ1) is 4.47. The van der Waals surface area contributed by atoms with Gasteiger partial charge < -0.3 is 5.32 Å². The third kappa shape index (κ3) is 0.793. The molecule has 0 aromatic rings. The first-order valence-corrected chi connectivity index (χ1v) is 3.86. The molecule has 0 aliphatic carbocycles. The fourth-order valence-electron chi connectivity index (χ4n) is 0.950. The highest BCUT2D eigenvalue weighted by atomic mass is 32.2. The monoisotopic (exact) mass is 137 g/mol. The summed E-state index contributed by atoms with van der Waals surface area (Å²) in [7, 11) is 0. The van der Waals surface area contributed by atoms with Gasteiger partial charge in [-0.2, -0.15) is 0 Å². The van der Waals surface area contributed by atoms with Crippen molar-refractivity contribution in [3.8, 4) is 0 Å². The molecule has 0 saturated heterocycles. The molecule has 2 heterocycles. The number of dihydropyridines is 1. The topological polar surface area (TPSA) is 12.0 Å². The van der Waals surface area contributed by atoms with Crippen LogP contribution in [0.25, 0.3) is 0 Å². The van der Waals surface area contributed by atoms with Crippen molar-refractivity contribution >= 4 is 11.8 Å². The summed E-state index contributed by atoms with van der Waals surface area (Å²) >= 11 is 1.85. The molecule has 0 aromatic carbocycles. The summed E-state index contributed by atoms with van der Waals surface area (Å²) in [5, 5.41) is 5.77. The van der Waals surface area contributed by atoms with Crippen LogP contribution in [0.5, 0.6) is 0 Å². The first-order valence-electron chi connectivity index (χ1n) is 2.91. The highest BCUT2D eigenvalue weighted by Gasteiger charge is 2.14. The van der Waals surface area contributed by atoms with Gasteiger partial charge in [-0.15, -0.1) is 11.8 Å². The lowest BCUT2D eigenvalue weighted by molar-refractivity contribution is 1.09. The average molecular weight is 137 g/mol. The molecule has 1 unspecified atom stereocenters. The van der Waals surface area contributed by atoms with Crippen molar-refractivity contribution < 1.29 is 0 Å².